The summed E-state index contributed by atoms with van der Waals surface area (Å²) in [6.07, 6.45) is 4.72. The van der Waals surface area contributed by atoms with E-state index in [0.29, 0.717) is 17.8 Å². The first kappa shape index (κ1) is 11.8. The molecule has 1 aromatic rings. The zero-order valence-electron chi connectivity index (χ0n) is 10.8. The largest absolute Gasteiger partial charge is 0.438 e. The van der Waals surface area contributed by atoms with Gasteiger partial charge in [-0.2, -0.15) is 0 Å². The van der Waals surface area contributed by atoms with Gasteiger partial charge >= 0.3 is 0 Å². The molecule has 3 heterocycles. The van der Waals surface area contributed by atoms with E-state index in [9.17, 15) is 4.79 Å². The lowest BCUT2D eigenvalue weighted by Crippen LogP contribution is -2.58. The molecule has 0 N–H and O–H groups in total. The normalized spacial score (nSPS) is 29.1. The molecule has 2 unspecified atom stereocenters. The lowest BCUT2D eigenvalue weighted by Gasteiger charge is -2.47. The van der Waals surface area contributed by atoms with Gasteiger partial charge in [0.15, 0.2) is 17.9 Å². The quantitative estimate of drug-likeness (QED) is 0.751. The molecular weight excluding hydrogens is 228 g/mol. The summed E-state index contributed by atoms with van der Waals surface area (Å²) in [5.41, 5.74) is 0. The molecule has 1 aromatic heterocycles. The second-order valence-electron chi connectivity index (χ2n) is 5.44. The Hall–Kier alpha value is -1.29. The van der Waals surface area contributed by atoms with Gasteiger partial charge in [-0.15, -0.1) is 0 Å². The van der Waals surface area contributed by atoms with Gasteiger partial charge in [-0.05, 0) is 32.4 Å². The standard InChI is InChI=1S/C14H20N2O2/c1-11-8-15-7-3-2-4-12(15)9-16(11)14-6-5-13(10-17)18-14/h5-6,10-12H,2-4,7-9H2,1H3. The minimum atomic E-state index is 0.420. The molecule has 18 heavy (non-hydrogen) atoms. The molecule has 98 valence electrons. The highest BCUT2D eigenvalue weighted by molar-refractivity contribution is 5.71. The summed E-state index contributed by atoms with van der Waals surface area (Å²) in [4.78, 5) is 15.6. The number of rotatable bonds is 2. The maximum absolute atomic E-state index is 10.7. The van der Waals surface area contributed by atoms with E-state index in [1.165, 1.54) is 25.8 Å². The van der Waals surface area contributed by atoms with Gasteiger partial charge in [-0.25, -0.2) is 0 Å². The summed E-state index contributed by atoms with van der Waals surface area (Å²) >= 11 is 0. The lowest BCUT2D eigenvalue weighted by molar-refractivity contribution is 0.108. The van der Waals surface area contributed by atoms with Crippen LogP contribution in [0.2, 0.25) is 0 Å². The van der Waals surface area contributed by atoms with Crippen molar-refractivity contribution in [2.75, 3.05) is 24.5 Å². The number of furan rings is 1. The van der Waals surface area contributed by atoms with Gasteiger partial charge in [0.2, 0.25) is 0 Å². The van der Waals surface area contributed by atoms with Crippen LogP contribution in [-0.4, -0.2) is 42.9 Å². The number of piperidine rings is 1. The lowest BCUT2D eigenvalue weighted by atomic mass is 9.97. The minimum absolute atomic E-state index is 0.420. The number of carbonyl (C=O) groups excluding carboxylic acids is 1. The Kier molecular flexibility index (Phi) is 3.12. The highest BCUT2D eigenvalue weighted by Crippen LogP contribution is 2.28. The van der Waals surface area contributed by atoms with Crippen molar-refractivity contribution < 1.29 is 9.21 Å². The topological polar surface area (TPSA) is 36.7 Å². The van der Waals surface area contributed by atoms with E-state index in [1.54, 1.807) is 6.07 Å². The molecule has 2 fully saturated rings. The highest BCUT2D eigenvalue weighted by Gasteiger charge is 2.34. The Morgan fingerprint density at radius 1 is 1.33 bits per heavy atom. The smallest absolute Gasteiger partial charge is 0.196 e. The van der Waals surface area contributed by atoms with Crippen LogP contribution < -0.4 is 4.90 Å². The molecule has 0 bridgehead atoms. The molecule has 2 aliphatic rings. The molecule has 0 saturated carbocycles. The van der Waals surface area contributed by atoms with Gasteiger partial charge < -0.3 is 9.32 Å². The minimum Gasteiger partial charge on any atom is -0.438 e. The third-order valence-electron chi connectivity index (χ3n) is 4.20. The number of anilines is 1. The highest BCUT2D eigenvalue weighted by atomic mass is 16.4. The van der Waals surface area contributed by atoms with Crippen molar-refractivity contribution >= 4 is 12.2 Å². The molecule has 0 spiro atoms. The SMILES string of the molecule is CC1CN2CCCCC2CN1c1ccc(C=O)o1. The maximum Gasteiger partial charge on any atom is 0.196 e. The molecule has 2 saturated heterocycles. The van der Waals surface area contributed by atoms with E-state index in [1.807, 2.05) is 6.07 Å². The van der Waals surface area contributed by atoms with Crippen LogP contribution in [0.3, 0.4) is 0 Å². The summed E-state index contributed by atoms with van der Waals surface area (Å²) in [6.45, 7) is 5.59. The van der Waals surface area contributed by atoms with Crippen molar-refractivity contribution in [2.45, 2.75) is 38.3 Å². The monoisotopic (exact) mass is 248 g/mol. The van der Waals surface area contributed by atoms with Gasteiger partial charge in [0.1, 0.15) is 0 Å². The number of fused-ring (bicyclic) bond motifs is 1. The Morgan fingerprint density at radius 2 is 2.22 bits per heavy atom. The summed E-state index contributed by atoms with van der Waals surface area (Å²) in [6, 6.07) is 4.77. The van der Waals surface area contributed by atoms with Crippen LogP contribution in [0.15, 0.2) is 16.5 Å². The van der Waals surface area contributed by atoms with E-state index < -0.39 is 0 Å². The summed E-state index contributed by atoms with van der Waals surface area (Å²) in [5, 5.41) is 0. The molecule has 4 nitrogen and oxygen atoms in total. The average molecular weight is 248 g/mol. The zero-order chi connectivity index (χ0) is 12.5. The van der Waals surface area contributed by atoms with Crippen molar-refractivity contribution in [1.82, 2.24) is 4.90 Å². The first-order valence-electron chi connectivity index (χ1n) is 6.83. The molecule has 0 amide bonds. The summed E-state index contributed by atoms with van der Waals surface area (Å²) in [5.74, 6) is 1.26. The van der Waals surface area contributed by atoms with Crippen molar-refractivity contribution in [3.63, 3.8) is 0 Å². The predicted molar refractivity (Wildman–Crippen MR) is 70.1 cm³/mol. The molecule has 0 aromatic carbocycles. The third-order valence-corrected chi connectivity index (χ3v) is 4.20. The number of hydrogen-bond donors (Lipinski definition) is 0. The fourth-order valence-corrected chi connectivity index (χ4v) is 3.22. The Balaban J connectivity index is 1.77. The van der Waals surface area contributed by atoms with E-state index in [0.717, 1.165) is 25.3 Å². The predicted octanol–water partition coefficient (Wildman–Crippen LogP) is 2.16. The molecule has 0 aliphatic carbocycles. The molecule has 0 radical (unpaired) electrons. The van der Waals surface area contributed by atoms with Crippen LogP contribution in [0.1, 0.15) is 36.7 Å². The van der Waals surface area contributed by atoms with E-state index in [4.69, 9.17) is 4.42 Å². The van der Waals surface area contributed by atoms with Crippen molar-refractivity contribution in [1.29, 1.82) is 0 Å². The Labute approximate surface area is 108 Å². The van der Waals surface area contributed by atoms with Crippen molar-refractivity contribution in [3.8, 4) is 0 Å². The third kappa shape index (κ3) is 2.05. The number of nitrogens with zero attached hydrogens (tertiary/aromatic N) is 2. The molecule has 4 heteroatoms. The number of piperazine rings is 1. The van der Waals surface area contributed by atoms with Crippen LogP contribution in [0.4, 0.5) is 5.88 Å². The van der Waals surface area contributed by atoms with E-state index in [2.05, 4.69) is 16.7 Å². The fourth-order valence-electron chi connectivity index (χ4n) is 3.22. The van der Waals surface area contributed by atoms with Gasteiger partial charge in [0.05, 0.1) is 0 Å². The van der Waals surface area contributed by atoms with Crippen LogP contribution in [-0.2, 0) is 0 Å². The molecular formula is C14H20N2O2. The first-order valence-corrected chi connectivity index (χ1v) is 6.83. The molecule has 2 aliphatic heterocycles. The average Bonchev–Trinajstić information content (AvgIpc) is 2.86. The molecule has 3 rings (SSSR count). The number of aldehydes is 1. The van der Waals surface area contributed by atoms with Gasteiger partial charge in [-0.3, -0.25) is 9.69 Å². The maximum atomic E-state index is 10.7. The van der Waals surface area contributed by atoms with E-state index in [-0.39, 0.29) is 0 Å². The fraction of sp³-hybridized carbons (Fsp3) is 0.643. The number of carbonyl (C=O) groups is 1. The second-order valence-corrected chi connectivity index (χ2v) is 5.44. The first-order chi connectivity index (χ1) is 8.78. The van der Waals surface area contributed by atoms with Crippen LogP contribution in [0.5, 0.6) is 0 Å². The van der Waals surface area contributed by atoms with Gasteiger partial charge in [-0.1, -0.05) is 6.42 Å². The zero-order valence-corrected chi connectivity index (χ0v) is 10.8. The van der Waals surface area contributed by atoms with E-state index >= 15 is 0 Å². The Morgan fingerprint density at radius 3 is 3.00 bits per heavy atom. The molecule has 2 atom stereocenters. The Bertz CT molecular complexity index is 429. The summed E-state index contributed by atoms with van der Waals surface area (Å²) < 4.78 is 5.56. The van der Waals surface area contributed by atoms with Gasteiger partial charge in [0, 0.05) is 31.2 Å². The van der Waals surface area contributed by atoms with Crippen molar-refractivity contribution in [2.24, 2.45) is 0 Å². The summed E-state index contributed by atoms with van der Waals surface area (Å²) in [7, 11) is 0. The second kappa shape index (κ2) is 4.76. The number of hydrogen-bond acceptors (Lipinski definition) is 4. The van der Waals surface area contributed by atoms with Crippen molar-refractivity contribution in [3.05, 3.63) is 17.9 Å². The van der Waals surface area contributed by atoms with Crippen LogP contribution in [0.25, 0.3) is 0 Å². The van der Waals surface area contributed by atoms with Gasteiger partial charge in [0.25, 0.3) is 0 Å². The van der Waals surface area contributed by atoms with Crippen LogP contribution in [0, 0.1) is 0 Å². The van der Waals surface area contributed by atoms with Crippen LogP contribution >= 0.6 is 0 Å².